The summed E-state index contributed by atoms with van der Waals surface area (Å²) in [7, 11) is 2.74. The minimum absolute atomic E-state index is 0.154. The summed E-state index contributed by atoms with van der Waals surface area (Å²) < 4.78 is 9.92. The van der Waals surface area contributed by atoms with Gasteiger partial charge in [-0.05, 0) is 30.7 Å². The molecule has 1 amide bonds. The number of carbonyl (C=O) groups excluding carboxylic acids is 2. The Labute approximate surface area is 123 Å². The van der Waals surface area contributed by atoms with Crippen LogP contribution < -0.4 is 0 Å². The predicted molar refractivity (Wildman–Crippen MR) is 76.8 cm³/mol. The third-order valence-electron chi connectivity index (χ3n) is 3.76. The highest BCUT2D eigenvalue weighted by atomic mass is 16.6. The van der Waals surface area contributed by atoms with Crippen molar-refractivity contribution in [1.29, 1.82) is 0 Å². The van der Waals surface area contributed by atoms with Gasteiger partial charge in [-0.3, -0.25) is 4.79 Å². The highest BCUT2D eigenvalue weighted by molar-refractivity contribution is 5.97. The maximum Gasteiger partial charge on any atom is 0.341 e. The van der Waals surface area contributed by atoms with Crippen LogP contribution >= 0.6 is 0 Å². The van der Waals surface area contributed by atoms with Crippen molar-refractivity contribution in [2.45, 2.75) is 12.5 Å². The minimum atomic E-state index is -1.04. The van der Waals surface area contributed by atoms with Gasteiger partial charge in [-0.15, -0.1) is 6.42 Å². The van der Waals surface area contributed by atoms with Crippen LogP contribution in [-0.2, 0) is 14.3 Å². The highest BCUT2D eigenvalue weighted by Gasteiger charge is 2.52. The fourth-order valence-electron chi connectivity index (χ4n) is 2.38. The highest BCUT2D eigenvalue weighted by Crippen LogP contribution is 2.28. The molecule has 1 aliphatic heterocycles. The number of benzene rings is 1. The first-order valence-corrected chi connectivity index (χ1v) is 6.47. The quantitative estimate of drug-likeness (QED) is 0.614. The third kappa shape index (κ3) is 2.50. The Bertz CT molecular complexity index is 624. The zero-order chi connectivity index (χ0) is 15.6. The van der Waals surface area contributed by atoms with E-state index in [0.717, 1.165) is 11.1 Å². The fourth-order valence-corrected chi connectivity index (χ4v) is 2.38. The van der Waals surface area contributed by atoms with Gasteiger partial charge in [-0.1, -0.05) is 5.92 Å². The molecule has 5 heteroatoms. The van der Waals surface area contributed by atoms with E-state index in [1.807, 2.05) is 6.92 Å². The molecule has 2 rings (SSSR count). The standard InChI is InChI=1S/C16H17NO4/c1-5-12-6-7-13(8-11(12)2)14(18)17-9-16(10-17,21-4)15(19)20-3/h1,6-8H,9-10H2,2-4H3. The van der Waals surface area contributed by atoms with Crippen molar-refractivity contribution < 1.29 is 19.1 Å². The molecule has 0 aromatic heterocycles. The molecule has 1 saturated heterocycles. The minimum Gasteiger partial charge on any atom is -0.467 e. The third-order valence-corrected chi connectivity index (χ3v) is 3.76. The molecule has 0 unspecified atom stereocenters. The van der Waals surface area contributed by atoms with Gasteiger partial charge < -0.3 is 14.4 Å². The molecule has 21 heavy (non-hydrogen) atoms. The van der Waals surface area contributed by atoms with Gasteiger partial charge in [0, 0.05) is 18.2 Å². The van der Waals surface area contributed by atoms with Crippen LogP contribution in [0.4, 0.5) is 0 Å². The lowest BCUT2D eigenvalue weighted by Crippen LogP contribution is -2.68. The number of rotatable bonds is 3. The van der Waals surface area contributed by atoms with Crippen molar-refractivity contribution in [3.63, 3.8) is 0 Å². The van der Waals surface area contributed by atoms with E-state index in [0.29, 0.717) is 5.56 Å². The van der Waals surface area contributed by atoms with Crippen molar-refractivity contribution in [2.75, 3.05) is 27.3 Å². The zero-order valence-electron chi connectivity index (χ0n) is 12.3. The van der Waals surface area contributed by atoms with Crippen molar-refractivity contribution in [1.82, 2.24) is 4.90 Å². The van der Waals surface area contributed by atoms with E-state index in [1.165, 1.54) is 14.2 Å². The molecular weight excluding hydrogens is 270 g/mol. The van der Waals surface area contributed by atoms with E-state index in [1.54, 1.807) is 23.1 Å². The Balaban J connectivity index is 2.12. The second-order valence-corrected chi connectivity index (χ2v) is 5.03. The molecule has 0 spiro atoms. The number of amides is 1. The summed E-state index contributed by atoms with van der Waals surface area (Å²) in [4.78, 5) is 25.6. The van der Waals surface area contributed by atoms with Crippen LogP contribution in [0.1, 0.15) is 21.5 Å². The molecule has 0 radical (unpaired) electrons. The molecule has 1 aliphatic rings. The number of nitrogens with zero attached hydrogens (tertiary/aromatic N) is 1. The molecule has 1 heterocycles. The molecule has 0 saturated carbocycles. The van der Waals surface area contributed by atoms with Gasteiger partial charge in [-0.25, -0.2) is 4.79 Å². The Morgan fingerprint density at radius 1 is 1.33 bits per heavy atom. The van der Waals surface area contributed by atoms with Crippen LogP contribution in [0.3, 0.4) is 0 Å². The molecule has 0 aliphatic carbocycles. The van der Waals surface area contributed by atoms with Crippen LogP contribution in [-0.4, -0.2) is 49.7 Å². The first-order chi connectivity index (χ1) is 9.97. The smallest absolute Gasteiger partial charge is 0.341 e. The van der Waals surface area contributed by atoms with E-state index in [-0.39, 0.29) is 19.0 Å². The van der Waals surface area contributed by atoms with Crippen molar-refractivity contribution in [2.24, 2.45) is 0 Å². The lowest BCUT2D eigenvalue weighted by atomic mass is 9.92. The van der Waals surface area contributed by atoms with Crippen molar-refractivity contribution in [3.05, 3.63) is 34.9 Å². The Morgan fingerprint density at radius 3 is 2.48 bits per heavy atom. The van der Waals surface area contributed by atoms with E-state index < -0.39 is 11.6 Å². The Kier molecular flexibility index (Phi) is 4.01. The molecule has 0 bridgehead atoms. The first-order valence-electron chi connectivity index (χ1n) is 6.47. The summed E-state index contributed by atoms with van der Waals surface area (Å²) in [6.07, 6.45) is 5.36. The topological polar surface area (TPSA) is 55.8 Å². The molecule has 0 N–H and O–H groups in total. The molecule has 5 nitrogen and oxygen atoms in total. The van der Waals surface area contributed by atoms with Crippen molar-refractivity contribution >= 4 is 11.9 Å². The van der Waals surface area contributed by atoms with E-state index >= 15 is 0 Å². The lowest BCUT2D eigenvalue weighted by molar-refractivity contribution is -0.183. The maximum atomic E-state index is 12.4. The summed E-state index contributed by atoms with van der Waals surface area (Å²) >= 11 is 0. The lowest BCUT2D eigenvalue weighted by Gasteiger charge is -2.46. The zero-order valence-corrected chi connectivity index (χ0v) is 12.3. The average molecular weight is 287 g/mol. The number of aryl methyl sites for hydroxylation is 1. The van der Waals surface area contributed by atoms with Gasteiger partial charge >= 0.3 is 5.97 Å². The summed E-state index contributed by atoms with van der Waals surface area (Å²) in [5, 5.41) is 0. The van der Waals surface area contributed by atoms with Gasteiger partial charge in [0.1, 0.15) is 0 Å². The van der Waals surface area contributed by atoms with Gasteiger partial charge in [-0.2, -0.15) is 0 Å². The van der Waals surface area contributed by atoms with Crippen LogP contribution in [0.15, 0.2) is 18.2 Å². The number of hydrogen-bond acceptors (Lipinski definition) is 4. The number of terminal acetylenes is 1. The second kappa shape index (κ2) is 5.58. The Hall–Kier alpha value is -2.32. The number of carbonyl (C=O) groups is 2. The van der Waals surface area contributed by atoms with Gasteiger partial charge in [0.15, 0.2) is 5.60 Å². The fraction of sp³-hybridized carbons (Fsp3) is 0.375. The predicted octanol–water partition coefficient (Wildman–Crippen LogP) is 0.990. The largest absolute Gasteiger partial charge is 0.467 e. The summed E-state index contributed by atoms with van der Waals surface area (Å²) in [6, 6.07) is 5.18. The van der Waals surface area contributed by atoms with Crippen LogP contribution in [0.2, 0.25) is 0 Å². The molecule has 1 aromatic rings. The summed E-state index contributed by atoms with van der Waals surface area (Å²) in [5.41, 5.74) is 1.13. The van der Waals surface area contributed by atoms with Crippen LogP contribution in [0.25, 0.3) is 0 Å². The number of likely N-dealkylation sites (tertiary alicyclic amines) is 1. The number of ether oxygens (including phenoxy) is 2. The SMILES string of the molecule is C#Cc1ccc(C(=O)N2CC(OC)(C(=O)OC)C2)cc1C. The molecular formula is C16H17NO4. The Morgan fingerprint density at radius 2 is 2.00 bits per heavy atom. The van der Waals surface area contributed by atoms with Crippen LogP contribution in [0, 0.1) is 19.3 Å². The molecule has 1 aromatic carbocycles. The monoisotopic (exact) mass is 287 g/mol. The summed E-state index contributed by atoms with van der Waals surface area (Å²) in [5.74, 6) is 1.94. The number of esters is 1. The van der Waals surface area contributed by atoms with Crippen molar-refractivity contribution in [3.8, 4) is 12.3 Å². The normalized spacial score (nSPS) is 15.8. The summed E-state index contributed by atoms with van der Waals surface area (Å²) in [6.45, 7) is 2.23. The second-order valence-electron chi connectivity index (χ2n) is 5.03. The maximum absolute atomic E-state index is 12.4. The number of hydrogen-bond donors (Lipinski definition) is 0. The molecule has 1 fully saturated rings. The van der Waals surface area contributed by atoms with Crippen LogP contribution in [0.5, 0.6) is 0 Å². The van der Waals surface area contributed by atoms with Gasteiger partial charge in [0.05, 0.1) is 20.2 Å². The molecule has 110 valence electrons. The molecule has 0 atom stereocenters. The van der Waals surface area contributed by atoms with E-state index in [9.17, 15) is 9.59 Å². The van der Waals surface area contributed by atoms with E-state index in [2.05, 4.69) is 5.92 Å². The average Bonchev–Trinajstić information content (AvgIpc) is 2.45. The number of methoxy groups -OCH3 is 2. The van der Waals surface area contributed by atoms with Gasteiger partial charge in [0.25, 0.3) is 5.91 Å². The van der Waals surface area contributed by atoms with Gasteiger partial charge in [0.2, 0.25) is 0 Å². The first kappa shape index (κ1) is 15.1. The van der Waals surface area contributed by atoms with E-state index in [4.69, 9.17) is 15.9 Å².